The zero-order valence-electron chi connectivity index (χ0n) is 9.81. The van der Waals surface area contributed by atoms with Gasteiger partial charge in [0.25, 0.3) is 11.7 Å². The summed E-state index contributed by atoms with van der Waals surface area (Å²) in [4.78, 5) is 15.0. The van der Waals surface area contributed by atoms with Crippen LogP contribution in [0.15, 0.2) is 16.7 Å². The molecule has 0 atom stereocenters. The molecule has 0 fully saturated rings. The first-order valence-corrected chi connectivity index (χ1v) is 5.28. The summed E-state index contributed by atoms with van der Waals surface area (Å²) < 4.78 is 35.9. The lowest BCUT2D eigenvalue weighted by atomic mass is 10.2. The Morgan fingerprint density at radius 1 is 1.42 bits per heavy atom. The molecule has 8 heteroatoms. The molecular formula is C11H9F2N3O3. The normalized spacial score (nSPS) is 10.5. The smallest absolute Gasteiger partial charge is 0.379 e. The van der Waals surface area contributed by atoms with Crippen molar-refractivity contribution in [3.63, 3.8) is 0 Å². The number of benzene rings is 1. The zero-order chi connectivity index (χ0) is 14.0. The van der Waals surface area contributed by atoms with Crippen molar-refractivity contribution in [2.45, 2.75) is 6.92 Å². The minimum atomic E-state index is -0.925. The SMILES string of the molecule is CCOC(=O)c1noc(-c2cc(N)c(F)cc2F)n1. The molecule has 0 radical (unpaired) electrons. The predicted molar refractivity (Wildman–Crippen MR) is 60.0 cm³/mol. The van der Waals surface area contributed by atoms with Crippen molar-refractivity contribution in [3.05, 3.63) is 29.6 Å². The van der Waals surface area contributed by atoms with Crippen LogP contribution in [0.4, 0.5) is 14.5 Å². The highest BCUT2D eigenvalue weighted by molar-refractivity contribution is 5.85. The summed E-state index contributed by atoms with van der Waals surface area (Å²) in [5.41, 5.74) is 4.85. The van der Waals surface area contributed by atoms with E-state index in [-0.39, 0.29) is 29.6 Å². The fraction of sp³-hybridized carbons (Fsp3) is 0.182. The lowest BCUT2D eigenvalue weighted by molar-refractivity contribution is 0.0508. The first-order chi connectivity index (χ1) is 9.02. The first-order valence-electron chi connectivity index (χ1n) is 5.28. The average Bonchev–Trinajstić information content (AvgIpc) is 2.83. The fourth-order valence-corrected chi connectivity index (χ4v) is 1.34. The van der Waals surface area contributed by atoms with Crippen LogP contribution in [0.2, 0.25) is 0 Å². The van der Waals surface area contributed by atoms with Crippen LogP contribution in [-0.4, -0.2) is 22.7 Å². The van der Waals surface area contributed by atoms with Crippen LogP contribution in [0.25, 0.3) is 11.5 Å². The molecule has 0 saturated heterocycles. The Kier molecular flexibility index (Phi) is 3.41. The van der Waals surface area contributed by atoms with Crippen molar-refractivity contribution in [2.75, 3.05) is 12.3 Å². The van der Waals surface area contributed by atoms with E-state index in [2.05, 4.69) is 14.9 Å². The lowest BCUT2D eigenvalue weighted by Crippen LogP contribution is -2.06. The van der Waals surface area contributed by atoms with Crippen molar-refractivity contribution in [1.29, 1.82) is 0 Å². The summed E-state index contributed by atoms with van der Waals surface area (Å²) in [6.45, 7) is 1.75. The maximum Gasteiger partial charge on any atom is 0.379 e. The number of hydrogen-bond acceptors (Lipinski definition) is 6. The second kappa shape index (κ2) is 5.01. The second-order valence-electron chi connectivity index (χ2n) is 3.50. The number of ether oxygens (including phenoxy) is 1. The molecule has 0 amide bonds. The van der Waals surface area contributed by atoms with Crippen molar-refractivity contribution in [3.8, 4) is 11.5 Å². The molecule has 1 heterocycles. The van der Waals surface area contributed by atoms with Gasteiger partial charge in [0.1, 0.15) is 11.6 Å². The number of nitrogens with two attached hydrogens (primary N) is 1. The Balaban J connectivity index is 2.38. The average molecular weight is 269 g/mol. The Hall–Kier alpha value is -2.51. The minimum Gasteiger partial charge on any atom is -0.460 e. The Bertz CT molecular complexity index is 628. The van der Waals surface area contributed by atoms with E-state index in [4.69, 9.17) is 10.3 Å². The molecule has 0 aliphatic rings. The molecule has 19 heavy (non-hydrogen) atoms. The van der Waals surface area contributed by atoms with Gasteiger partial charge in [0.2, 0.25) is 0 Å². The molecule has 0 aliphatic carbocycles. The summed E-state index contributed by atoms with van der Waals surface area (Å²) in [6.07, 6.45) is 0. The molecule has 1 aromatic heterocycles. The van der Waals surface area contributed by atoms with Gasteiger partial charge < -0.3 is 15.0 Å². The molecule has 0 unspecified atom stereocenters. The van der Waals surface area contributed by atoms with Crippen LogP contribution in [-0.2, 0) is 4.74 Å². The molecule has 6 nitrogen and oxygen atoms in total. The van der Waals surface area contributed by atoms with E-state index < -0.39 is 17.6 Å². The molecule has 2 N–H and O–H groups in total. The van der Waals surface area contributed by atoms with E-state index in [0.29, 0.717) is 6.07 Å². The van der Waals surface area contributed by atoms with E-state index in [1.165, 1.54) is 0 Å². The number of aromatic nitrogens is 2. The number of nitrogen functional groups attached to an aromatic ring is 1. The lowest BCUT2D eigenvalue weighted by Gasteiger charge is -2.00. The summed E-state index contributed by atoms with van der Waals surface area (Å²) in [5.74, 6) is -3.25. The largest absolute Gasteiger partial charge is 0.460 e. The summed E-state index contributed by atoms with van der Waals surface area (Å²) in [7, 11) is 0. The van der Waals surface area contributed by atoms with Crippen LogP contribution >= 0.6 is 0 Å². The molecule has 2 aromatic rings. The van der Waals surface area contributed by atoms with Crippen molar-refractivity contribution < 1.29 is 22.8 Å². The highest BCUT2D eigenvalue weighted by Gasteiger charge is 2.20. The number of carbonyl (C=O) groups is 1. The number of rotatable bonds is 3. The number of carbonyl (C=O) groups excluding carboxylic acids is 1. The standard InChI is InChI=1S/C11H9F2N3O3/c1-2-18-11(17)9-15-10(19-16-9)5-3-8(14)7(13)4-6(5)12/h3-4H,2,14H2,1H3. The van der Waals surface area contributed by atoms with E-state index >= 15 is 0 Å². The highest BCUT2D eigenvalue weighted by atomic mass is 19.1. The Labute approximate surface area is 106 Å². The Morgan fingerprint density at radius 2 is 2.16 bits per heavy atom. The van der Waals surface area contributed by atoms with Crippen molar-refractivity contribution in [1.82, 2.24) is 10.1 Å². The summed E-state index contributed by atoms with van der Waals surface area (Å²) >= 11 is 0. The van der Waals surface area contributed by atoms with Crippen LogP contribution in [0.3, 0.4) is 0 Å². The monoisotopic (exact) mass is 269 g/mol. The van der Waals surface area contributed by atoms with Gasteiger partial charge in [0, 0.05) is 6.07 Å². The molecule has 1 aromatic carbocycles. The summed E-state index contributed by atoms with van der Waals surface area (Å²) in [5, 5.41) is 3.34. The maximum absolute atomic E-state index is 13.5. The molecule has 0 saturated carbocycles. The van der Waals surface area contributed by atoms with Gasteiger partial charge in [-0.3, -0.25) is 0 Å². The summed E-state index contributed by atoms with van der Waals surface area (Å²) in [6, 6.07) is 1.60. The number of halogens is 2. The highest BCUT2D eigenvalue weighted by Crippen LogP contribution is 2.25. The number of hydrogen-bond donors (Lipinski definition) is 1. The molecule has 0 bridgehead atoms. The number of anilines is 1. The maximum atomic E-state index is 13.5. The van der Waals surface area contributed by atoms with Gasteiger partial charge in [-0.05, 0) is 18.1 Å². The Morgan fingerprint density at radius 3 is 2.84 bits per heavy atom. The third-order valence-corrected chi connectivity index (χ3v) is 2.20. The van der Waals surface area contributed by atoms with E-state index in [0.717, 1.165) is 6.07 Å². The predicted octanol–water partition coefficient (Wildman–Crippen LogP) is 1.77. The second-order valence-corrected chi connectivity index (χ2v) is 3.50. The van der Waals surface area contributed by atoms with Crippen LogP contribution in [0.5, 0.6) is 0 Å². The van der Waals surface area contributed by atoms with E-state index in [9.17, 15) is 13.6 Å². The van der Waals surface area contributed by atoms with Crippen molar-refractivity contribution in [2.24, 2.45) is 0 Å². The quantitative estimate of drug-likeness (QED) is 0.674. The van der Waals surface area contributed by atoms with Crippen LogP contribution in [0.1, 0.15) is 17.5 Å². The van der Waals surface area contributed by atoms with Gasteiger partial charge >= 0.3 is 5.97 Å². The van der Waals surface area contributed by atoms with E-state index in [1.807, 2.05) is 0 Å². The van der Waals surface area contributed by atoms with Crippen molar-refractivity contribution >= 4 is 11.7 Å². The molecule has 0 spiro atoms. The zero-order valence-corrected chi connectivity index (χ0v) is 9.81. The van der Waals surface area contributed by atoms with Crippen LogP contribution in [0, 0.1) is 11.6 Å². The third kappa shape index (κ3) is 2.51. The topological polar surface area (TPSA) is 91.2 Å². The van der Waals surface area contributed by atoms with Gasteiger partial charge in [-0.1, -0.05) is 0 Å². The number of esters is 1. The molecule has 0 aliphatic heterocycles. The third-order valence-electron chi connectivity index (χ3n) is 2.20. The van der Waals surface area contributed by atoms with Gasteiger partial charge in [-0.25, -0.2) is 13.6 Å². The first kappa shape index (κ1) is 12.9. The molecule has 2 rings (SSSR count). The number of nitrogens with zero attached hydrogens (tertiary/aromatic N) is 2. The fourth-order valence-electron chi connectivity index (χ4n) is 1.34. The van der Waals surface area contributed by atoms with Gasteiger partial charge in [0.15, 0.2) is 0 Å². The molecular weight excluding hydrogens is 260 g/mol. The minimum absolute atomic E-state index is 0.139. The van der Waals surface area contributed by atoms with E-state index in [1.54, 1.807) is 6.92 Å². The van der Waals surface area contributed by atoms with Gasteiger partial charge in [-0.15, -0.1) is 0 Å². The van der Waals surface area contributed by atoms with Gasteiger partial charge in [0.05, 0.1) is 17.9 Å². The molecule has 100 valence electrons. The van der Waals surface area contributed by atoms with Gasteiger partial charge in [-0.2, -0.15) is 4.98 Å². The van der Waals surface area contributed by atoms with Crippen LogP contribution < -0.4 is 5.73 Å².